The van der Waals surface area contributed by atoms with Crippen LogP contribution in [0.4, 0.5) is 11.4 Å². The molecule has 0 atom stereocenters. The van der Waals surface area contributed by atoms with E-state index in [-0.39, 0.29) is 0 Å². The second kappa shape index (κ2) is 7.16. The molecule has 2 aromatic carbocycles. The smallest absolute Gasteiger partial charge is 0.180 e. The van der Waals surface area contributed by atoms with Gasteiger partial charge >= 0.3 is 0 Å². The average Bonchev–Trinajstić information content (AvgIpc) is 3.08. The highest BCUT2D eigenvalue weighted by Gasteiger charge is 2.26. The molecule has 2 heterocycles. The van der Waals surface area contributed by atoms with Crippen molar-refractivity contribution in [1.29, 1.82) is 0 Å². The molecule has 0 radical (unpaired) electrons. The number of ether oxygens (including phenoxy) is 2. The maximum absolute atomic E-state index is 6.02. The summed E-state index contributed by atoms with van der Waals surface area (Å²) in [5.74, 6) is 1.74. The van der Waals surface area contributed by atoms with E-state index in [1.807, 2.05) is 0 Å². The predicted molar refractivity (Wildman–Crippen MR) is 115 cm³/mol. The van der Waals surface area contributed by atoms with E-state index in [1.54, 1.807) is 11.3 Å². The van der Waals surface area contributed by atoms with Gasteiger partial charge in [-0.3, -0.25) is 0 Å². The lowest BCUT2D eigenvalue weighted by Gasteiger charge is -2.18. The molecule has 0 spiro atoms. The summed E-state index contributed by atoms with van der Waals surface area (Å²) in [7, 11) is 8.20. The lowest BCUT2D eigenvalue weighted by Crippen LogP contribution is -2.14. The van der Waals surface area contributed by atoms with E-state index in [0.29, 0.717) is 13.2 Å². The van der Waals surface area contributed by atoms with Crippen LogP contribution in [0, 0.1) is 0 Å². The molecule has 5 heteroatoms. The van der Waals surface area contributed by atoms with Gasteiger partial charge in [0.2, 0.25) is 0 Å². The molecule has 1 aliphatic rings. The fourth-order valence-corrected chi connectivity index (χ4v) is 4.35. The SMILES string of the molecule is CN(C)c1ccc(-c2sc(-c3ccc(N(C)C)cc3)c3c2OCCO3)cc1. The Kier molecular flexibility index (Phi) is 4.70. The van der Waals surface area contributed by atoms with Crippen LogP contribution in [-0.2, 0) is 0 Å². The van der Waals surface area contributed by atoms with E-state index >= 15 is 0 Å². The van der Waals surface area contributed by atoms with Gasteiger partial charge < -0.3 is 19.3 Å². The Labute approximate surface area is 164 Å². The van der Waals surface area contributed by atoms with Crippen molar-refractivity contribution in [2.45, 2.75) is 0 Å². The summed E-state index contributed by atoms with van der Waals surface area (Å²) in [5.41, 5.74) is 4.67. The maximum Gasteiger partial charge on any atom is 0.180 e. The van der Waals surface area contributed by atoms with Crippen molar-refractivity contribution < 1.29 is 9.47 Å². The van der Waals surface area contributed by atoms with Gasteiger partial charge in [-0.2, -0.15) is 0 Å². The minimum Gasteiger partial charge on any atom is -0.485 e. The summed E-state index contributed by atoms with van der Waals surface area (Å²) in [5, 5.41) is 0. The zero-order valence-electron chi connectivity index (χ0n) is 16.2. The number of benzene rings is 2. The molecule has 0 amide bonds. The van der Waals surface area contributed by atoms with Crippen molar-refractivity contribution in [3.8, 4) is 32.4 Å². The molecule has 3 aromatic rings. The van der Waals surface area contributed by atoms with Crippen molar-refractivity contribution in [2.75, 3.05) is 51.2 Å². The third kappa shape index (κ3) is 3.35. The molecule has 140 valence electrons. The van der Waals surface area contributed by atoms with Gasteiger partial charge in [-0.1, -0.05) is 24.3 Å². The highest BCUT2D eigenvalue weighted by molar-refractivity contribution is 7.19. The van der Waals surface area contributed by atoms with Crippen molar-refractivity contribution in [3.05, 3.63) is 48.5 Å². The van der Waals surface area contributed by atoms with Gasteiger partial charge in [-0.25, -0.2) is 0 Å². The third-order valence-electron chi connectivity index (χ3n) is 4.69. The molecule has 1 aromatic heterocycles. The fraction of sp³-hybridized carbons (Fsp3) is 0.273. The van der Waals surface area contributed by atoms with Crippen molar-refractivity contribution >= 4 is 22.7 Å². The molecule has 0 saturated carbocycles. The van der Waals surface area contributed by atoms with Gasteiger partial charge in [0, 0.05) is 39.6 Å². The summed E-state index contributed by atoms with van der Waals surface area (Å²) in [4.78, 5) is 6.46. The summed E-state index contributed by atoms with van der Waals surface area (Å²) < 4.78 is 12.0. The van der Waals surface area contributed by atoms with E-state index in [4.69, 9.17) is 9.47 Å². The Morgan fingerprint density at radius 3 is 1.33 bits per heavy atom. The lowest BCUT2D eigenvalue weighted by molar-refractivity contribution is 0.175. The number of hydrogen-bond acceptors (Lipinski definition) is 5. The number of nitrogens with zero attached hydrogens (tertiary/aromatic N) is 2. The Balaban J connectivity index is 1.77. The van der Waals surface area contributed by atoms with Crippen LogP contribution in [0.5, 0.6) is 11.5 Å². The van der Waals surface area contributed by atoms with Gasteiger partial charge in [-0.15, -0.1) is 11.3 Å². The molecule has 0 bridgehead atoms. The van der Waals surface area contributed by atoms with Crippen molar-refractivity contribution in [2.24, 2.45) is 0 Å². The first-order valence-electron chi connectivity index (χ1n) is 9.02. The minimum atomic E-state index is 0.589. The van der Waals surface area contributed by atoms with Crippen LogP contribution in [0.25, 0.3) is 20.9 Å². The second-order valence-electron chi connectivity index (χ2n) is 7.00. The van der Waals surface area contributed by atoms with E-state index in [9.17, 15) is 0 Å². The summed E-state index contributed by atoms with van der Waals surface area (Å²) >= 11 is 1.73. The molecule has 0 unspecified atom stereocenters. The average molecular weight is 381 g/mol. The Morgan fingerprint density at radius 1 is 0.630 bits per heavy atom. The molecule has 0 fully saturated rings. The predicted octanol–water partition coefficient (Wildman–Crippen LogP) is 4.99. The lowest BCUT2D eigenvalue weighted by atomic mass is 10.1. The van der Waals surface area contributed by atoms with Gasteiger partial charge in [0.25, 0.3) is 0 Å². The minimum absolute atomic E-state index is 0.589. The molecule has 0 N–H and O–H groups in total. The Morgan fingerprint density at radius 2 is 1.00 bits per heavy atom. The number of thiophene rings is 1. The standard InChI is InChI=1S/C22H24N2O2S/c1-23(2)17-9-5-15(6-10-17)21-19-20(26-14-13-25-19)22(27-21)16-7-11-18(12-8-16)24(3)4/h5-12H,13-14H2,1-4H3. The van der Waals surface area contributed by atoms with Crippen molar-refractivity contribution in [3.63, 3.8) is 0 Å². The van der Waals surface area contributed by atoms with Crippen LogP contribution >= 0.6 is 11.3 Å². The highest BCUT2D eigenvalue weighted by Crippen LogP contribution is 2.53. The molecule has 1 aliphatic heterocycles. The van der Waals surface area contributed by atoms with Gasteiger partial charge in [0.15, 0.2) is 11.5 Å². The number of rotatable bonds is 4. The first-order chi connectivity index (χ1) is 13.0. The molecular weight excluding hydrogens is 356 g/mol. The van der Waals surface area contributed by atoms with Gasteiger partial charge in [-0.05, 0) is 35.4 Å². The Bertz CT molecular complexity index is 852. The zero-order chi connectivity index (χ0) is 19.0. The van der Waals surface area contributed by atoms with Crippen LogP contribution in [0.3, 0.4) is 0 Å². The van der Waals surface area contributed by atoms with Crippen LogP contribution in [0.1, 0.15) is 0 Å². The van der Waals surface area contributed by atoms with Crippen LogP contribution < -0.4 is 19.3 Å². The summed E-state index contributed by atoms with van der Waals surface area (Å²) in [6.07, 6.45) is 0. The van der Waals surface area contributed by atoms with E-state index < -0.39 is 0 Å². The molecule has 4 nitrogen and oxygen atoms in total. The fourth-order valence-electron chi connectivity index (χ4n) is 3.15. The summed E-state index contributed by atoms with van der Waals surface area (Å²) in [6.45, 7) is 1.18. The van der Waals surface area contributed by atoms with E-state index in [0.717, 1.165) is 32.4 Å². The first kappa shape index (κ1) is 17.7. The number of anilines is 2. The van der Waals surface area contributed by atoms with Crippen LogP contribution in [0.15, 0.2) is 48.5 Å². The summed E-state index contributed by atoms with van der Waals surface area (Å²) in [6, 6.07) is 17.1. The van der Waals surface area contributed by atoms with Crippen LogP contribution in [-0.4, -0.2) is 41.4 Å². The monoisotopic (exact) mass is 380 g/mol. The van der Waals surface area contributed by atoms with Crippen LogP contribution in [0.2, 0.25) is 0 Å². The maximum atomic E-state index is 6.02. The second-order valence-corrected chi connectivity index (χ2v) is 8.02. The van der Waals surface area contributed by atoms with Gasteiger partial charge in [0.1, 0.15) is 13.2 Å². The highest BCUT2D eigenvalue weighted by atomic mass is 32.1. The normalized spacial score (nSPS) is 12.7. The molecular formula is C22H24N2O2S. The van der Waals surface area contributed by atoms with Crippen molar-refractivity contribution in [1.82, 2.24) is 0 Å². The largest absolute Gasteiger partial charge is 0.485 e. The quantitative estimate of drug-likeness (QED) is 0.637. The topological polar surface area (TPSA) is 24.9 Å². The molecule has 27 heavy (non-hydrogen) atoms. The van der Waals surface area contributed by atoms with E-state index in [1.165, 1.54) is 11.4 Å². The molecule has 0 saturated heterocycles. The third-order valence-corrected chi connectivity index (χ3v) is 5.94. The van der Waals surface area contributed by atoms with E-state index in [2.05, 4.69) is 86.5 Å². The first-order valence-corrected chi connectivity index (χ1v) is 9.84. The molecule has 0 aliphatic carbocycles. The number of fused-ring (bicyclic) bond motifs is 1. The Hall–Kier alpha value is -2.66. The number of hydrogen-bond donors (Lipinski definition) is 0. The van der Waals surface area contributed by atoms with Gasteiger partial charge in [0.05, 0.1) is 9.75 Å². The molecule has 4 rings (SSSR count). The zero-order valence-corrected chi connectivity index (χ0v) is 17.0.